The number of rotatable bonds is 4. The van der Waals surface area contributed by atoms with Gasteiger partial charge >= 0.3 is 0 Å². The number of ether oxygens (including phenoxy) is 1. The van der Waals surface area contributed by atoms with Crippen molar-refractivity contribution in [1.29, 1.82) is 0 Å². The molecule has 0 spiro atoms. The van der Waals surface area contributed by atoms with Crippen molar-refractivity contribution >= 4 is 11.6 Å². The van der Waals surface area contributed by atoms with Crippen LogP contribution in [0.2, 0.25) is 5.02 Å². The zero-order valence-electron chi connectivity index (χ0n) is 8.59. The van der Waals surface area contributed by atoms with Crippen LogP contribution in [0.3, 0.4) is 0 Å². The van der Waals surface area contributed by atoms with Crippen LogP contribution in [0.25, 0.3) is 0 Å². The minimum absolute atomic E-state index is 0.479. The average molecular weight is 214 g/mol. The highest BCUT2D eigenvalue weighted by Crippen LogP contribution is 2.25. The van der Waals surface area contributed by atoms with Gasteiger partial charge in [0.2, 0.25) is 0 Å². The number of halogens is 1. The molecule has 0 heterocycles. The molecular weight excluding hydrogens is 198 g/mol. The Hall–Kier alpha value is -0.570. The third-order valence-corrected chi connectivity index (χ3v) is 2.42. The summed E-state index contributed by atoms with van der Waals surface area (Å²) in [6.45, 7) is 5.01. The average Bonchev–Trinajstić information content (AvgIpc) is 2.15. The van der Waals surface area contributed by atoms with Crippen molar-refractivity contribution in [2.75, 3.05) is 13.2 Å². The second-order valence-corrected chi connectivity index (χ2v) is 3.94. The molecule has 0 aromatic heterocycles. The Morgan fingerprint density at radius 1 is 1.43 bits per heavy atom. The first kappa shape index (κ1) is 11.5. The standard InChI is InChI=1S/C11H16ClNO/c1-3-14-8-11(2,13)9-6-4-5-7-10(9)12/h4-7H,3,8,13H2,1-2H3. The Morgan fingerprint density at radius 3 is 2.64 bits per heavy atom. The zero-order valence-corrected chi connectivity index (χ0v) is 9.34. The van der Waals surface area contributed by atoms with Crippen LogP contribution in [-0.4, -0.2) is 13.2 Å². The summed E-state index contributed by atoms with van der Waals surface area (Å²) in [6.07, 6.45) is 0. The van der Waals surface area contributed by atoms with Crippen molar-refractivity contribution in [3.05, 3.63) is 34.9 Å². The van der Waals surface area contributed by atoms with Gasteiger partial charge in [-0.05, 0) is 25.5 Å². The summed E-state index contributed by atoms with van der Waals surface area (Å²) in [7, 11) is 0. The molecule has 0 aliphatic heterocycles. The van der Waals surface area contributed by atoms with Crippen LogP contribution in [0, 0.1) is 0 Å². The maximum atomic E-state index is 6.12. The predicted octanol–water partition coefficient (Wildman–Crippen LogP) is 2.55. The summed E-state index contributed by atoms with van der Waals surface area (Å²) >= 11 is 6.05. The first-order valence-corrected chi connectivity index (χ1v) is 5.07. The Morgan fingerprint density at radius 2 is 2.07 bits per heavy atom. The lowest BCUT2D eigenvalue weighted by Gasteiger charge is -2.25. The second-order valence-electron chi connectivity index (χ2n) is 3.53. The van der Waals surface area contributed by atoms with Crippen LogP contribution < -0.4 is 5.73 Å². The first-order chi connectivity index (χ1) is 6.58. The van der Waals surface area contributed by atoms with Crippen molar-refractivity contribution in [3.8, 4) is 0 Å². The Bertz CT molecular complexity index is 299. The summed E-state index contributed by atoms with van der Waals surface area (Å²) in [6, 6.07) is 7.59. The number of hydrogen-bond donors (Lipinski definition) is 1. The van der Waals surface area contributed by atoms with E-state index in [1.54, 1.807) is 0 Å². The van der Waals surface area contributed by atoms with Crippen molar-refractivity contribution in [2.45, 2.75) is 19.4 Å². The number of nitrogens with two attached hydrogens (primary N) is 1. The molecule has 14 heavy (non-hydrogen) atoms. The highest BCUT2D eigenvalue weighted by Gasteiger charge is 2.23. The maximum absolute atomic E-state index is 6.12. The van der Waals surface area contributed by atoms with E-state index >= 15 is 0 Å². The van der Waals surface area contributed by atoms with E-state index in [2.05, 4.69) is 0 Å². The molecule has 2 N–H and O–H groups in total. The molecule has 78 valence electrons. The highest BCUT2D eigenvalue weighted by atomic mass is 35.5. The Balaban J connectivity index is 2.86. The van der Waals surface area contributed by atoms with Crippen LogP contribution in [-0.2, 0) is 10.3 Å². The fourth-order valence-electron chi connectivity index (χ4n) is 1.32. The highest BCUT2D eigenvalue weighted by molar-refractivity contribution is 6.31. The molecule has 1 unspecified atom stereocenters. The second kappa shape index (κ2) is 4.78. The molecule has 0 aliphatic rings. The third kappa shape index (κ3) is 2.71. The normalized spacial score (nSPS) is 15.1. The van der Waals surface area contributed by atoms with Gasteiger partial charge in [-0.25, -0.2) is 0 Å². The van der Waals surface area contributed by atoms with Gasteiger partial charge in [-0.15, -0.1) is 0 Å². The fourth-order valence-corrected chi connectivity index (χ4v) is 1.67. The first-order valence-electron chi connectivity index (χ1n) is 4.69. The van der Waals surface area contributed by atoms with Crippen molar-refractivity contribution in [2.24, 2.45) is 5.73 Å². The molecule has 1 aromatic carbocycles. The number of hydrogen-bond acceptors (Lipinski definition) is 2. The van der Waals surface area contributed by atoms with E-state index in [4.69, 9.17) is 22.1 Å². The lowest BCUT2D eigenvalue weighted by atomic mass is 9.94. The molecule has 0 amide bonds. The summed E-state index contributed by atoms with van der Waals surface area (Å²) in [5, 5.41) is 0.692. The monoisotopic (exact) mass is 213 g/mol. The Labute approximate surface area is 90.0 Å². The molecule has 3 heteroatoms. The van der Waals surface area contributed by atoms with E-state index in [9.17, 15) is 0 Å². The molecule has 1 rings (SSSR count). The van der Waals surface area contributed by atoms with Crippen LogP contribution in [0.4, 0.5) is 0 Å². The summed E-state index contributed by atoms with van der Waals surface area (Å²) in [5.41, 5.74) is 6.52. The maximum Gasteiger partial charge on any atom is 0.0685 e. The van der Waals surface area contributed by atoms with Gasteiger partial charge in [-0.3, -0.25) is 0 Å². The van der Waals surface area contributed by atoms with E-state index < -0.39 is 5.54 Å². The van der Waals surface area contributed by atoms with Gasteiger partial charge in [-0.2, -0.15) is 0 Å². The largest absolute Gasteiger partial charge is 0.379 e. The predicted molar refractivity (Wildman–Crippen MR) is 59.5 cm³/mol. The van der Waals surface area contributed by atoms with Gasteiger partial charge in [0.25, 0.3) is 0 Å². The van der Waals surface area contributed by atoms with E-state index in [0.29, 0.717) is 18.2 Å². The molecule has 2 nitrogen and oxygen atoms in total. The molecule has 0 aliphatic carbocycles. The van der Waals surface area contributed by atoms with Crippen LogP contribution in [0.15, 0.2) is 24.3 Å². The van der Waals surface area contributed by atoms with Gasteiger partial charge in [-0.1, -0.05) is 29.8 Å². The van der Waals surface area contributed by atoms with Gasteiger partial charge in [0.15, 0.2) is 0 Å². The number of benzene rings is 1. The third-order valence-electron chi connectivity index (χ3n) is 2.10. The molecule has 1 atom stereocenters. The van der Waals surface area contributed by atoms with Crippen LogP contribution in [0.5, 0.6) is 0 Å². The topological polar surface area (TPSA) is 35.2 Å². The van der Waals surface area contributed by atoms with E-state index in [1.165, 1.54) is 0 Å². The van der Waals surface area contributed by atoms with E-state index in [1.807, 2.05) is 38.1 Å². The van der Waals surface area contributed by atoms with Gasteiger partial charge in [0.1, 0.15) is 0 Å². The van der Waals surface area contributed by atoms with Gasteiger partial charge in [0, 0.05) is 11.6 Å². The summed E-state index contributed by atoms with van der Waals surface area (Å²) in [4.78, 5) is 0. The molecule has 0 radical (unpaired) electrons. The van der Waals surface area contributed by atoms with E-state index in [0.717, 1.165) is 5.56 Å². The zero-order chi connectivity index (χ0) is 10.6. The Kier molecular flexibility index (Phi) is 3.93. The van der Waals surface area contributed by atoms with Crippen molar-refractivity contribution in [3.63, 3.8) is 0 Å². The summed E-state index contributed by atoms with van der Waals surface area (Å²) in [5.74, 6) is 0. The van der Waals surface area contributed by atoms with Crippen molar-refractivity contribution < 1.29 is 4.74 Å². The molecular formula is C11H16ClNO. The lowest BCUT2D eigenvalue weighted by molar-refractivity contribution is 0.101. The minimum atomic E-state index is -0.519. The molecule has 0 bridgehead atoms. The van der Waals surface area contributed by atoms with Crippen molar-refractivity contribution in [1.82, 2.24) is 0 Å². The smallest absolute Gasteiger partial charge is 0.0685 e. The molecule has 0 saturated heterocycles. The summed E-state index contributed by atoms with van der Waals surface area (Å²) < 4.78 is 5.32. The minimum Gasteiger partial charge on any atom is -0.379 e. The fraction of sp³-hybridized carbons (Fsp3) is 0.455. The van der Waals surface area contributed by atoms with Gasteiger partial charge < -0.3 is 10.5 Å². The molecule has 0 fully saturated rings. The molecule has 1 aromatic rings. The quantitative estimate of drug-likeness (QED) is 0.835. The van der Waals surface area contributed by atoms with Gasteiger partial charge in [0.05, 0.1) is 12.1 Å². The SMILES string of the molecule is CCOCC(C)(N)c1ccccc1Cl. The van der Waals surface area contributed by atoms with Crippen LogP contribution >= 0.6 is 11.6 Å². The lowest BCUT2D eigenvalue weighted by Crippen LogP contribution is -2.38. The van der Waals surface area contributed by atoms with E-state index in [-0.39, 0.29) is 0 Å². The molecule has 0 saturated carbocycles. The van der Waals surface area contributed by atoms with Crippen LogP contribution in [0.1, 0.15) is 19.4 Å².